The predicted molar refractivity (Wildman–Crippen MR) is 69.7 cm³/mol. The first kappa shape index (κ1) is 15.9. The second-order valence-corrected chi connectivity index (χ2v) is 4.66. The lowest BCUT2D eigenvalue weighted by Crippen LogP contribution is -2.38. The van der Waals surface area contributed by atoms with E-state index in [1.54, 1.807) is 7.11 Å². The Morgan fingerprint density at radius 1 is 0.889 bits per heavy atom. The van der Waals surface area contributed by atoms with Crippen molar-refractivity contribution < 1.29 is 18.9 Å². The monoisotopic (exact) mass is 261 g/mol. The molecule has 0 saturated heterocycles. The Balaban J connectivity index is 1.89. The van der Waals surface area contributed by atoms with Crippen molar-refractivity contribution in [3.8, 4) is 0 Å². The van der Waals surface area contributed by atoms with E-state index in [-0.39, 0.29) is 5.60 Å². The van der Waals surface area contributed by atoms with Crippen molar-refractivity contribution in [3.05, 3.63) is 0 Å². The lowest BCUT2D eigenvalue weighted by molar-refractivity contribution is -0.0638. The van der Waals surface area contributed by atoms with Crippen LogP contribution < -0.4 is 5.73 Å². The summed E-state index contributed by atoms with van der Waals surface area (Å²) in [7, 11) is 1.66. The molecule has 1 fully saturated rings. The van der Waals surface area contributed by atoms with Gasteiger partial charge in [-0.3, -0.25) is 0 Å². The van der Waals surface area contributed by atoms with Crippen LogP contribution in [0.25, 0.3) is 0 Å². The molecule has 0 unspecified atom stereocenters. The summed E-state index contributed by atoms with van der Waals surface area (Å²) in [4.78, 5) is 0. The molecule has 0 aromatic rings. The molecule has 5 nitrogen and oxygen atoms in total. The third-order valence-electron chi connectivity index (χ3n) is 3.33. The molecule has 0 spiro atoms. The van der Waals surface area contributed by atoms with Crippen LogP contribution in [0.5, 0.6) is 0 Å². The first-order valence-electron chi connectivity index (χ1n) is 6.81. The third kappa shape index (κ3) is 6.11. The lowest BCUT2D eigenvalue weighted by Gasteiger charge is -2.27. The highest BCUT2D eigenvalue weighted by atomic mass is 16.6. The smallest absolute Gasteiger partial charge is 0.0805 e. The van der Waals surface area contributed by atoms with Crippen LogP contribution in [0.15, 0.2) is 0 Å². The van der Waals surface area contributed by atoms with Crippen LogP contribution in [-0.2, 0) is 18.9 Å². The number of hydrogen-bond donors (Lipinski definition) is 1. The zero-order valence-electron chi connectivity index (χ0n) is 11.5. The van der Waals surface area contributed by atoms with Crippen molar-refractivity contribution >= 4 is 0 Å². The highest BCUT2D eigenvalue weighted by molar-refractivity contribution is 4.87. The van der Waals surface area contributed by atoms with Gasteiger partial charge in [0.15, 0.2) is 0 Å². The van der Waals surface area contributed by atoms with E-state index in [1.165, 1.54) is 12.8 Å². The van der Waals surface area contributed by atoms with Crippen molar-refractivity contribution in [2.45, 2.75) is 31.3 Å². The maximum atomic E-state index is 5.87. The standard InChI is InChI=1S/C13H27NO4/c1-15-6-7-16-8-9-17-10-11-18-13(12-14)4-2-3-5-13/h2-12,14H2,1H3. The Morgan fingerprint density at radius 3 is 2.00 bits per heavy atom. The van der Waals surface area contributed by atoms with Crippen LogP contribution in [0.2, 0.25) is 0 Å². The Labute approximate surface area is 110 Å². The molecule has 2 N–H and O–H groups in total. The molecule has 18 heavy (non-hydrogen) atoms. The van der Waals surface area contributed by atoms with Gasteiger partial charge in [-0.05, 0) is 12.8 Å². The summed E-state index contributed by atoms with van der Waals surface area (Å²) in [5, 5.41) is 0. The summed E-state index contributed by atoms with van der Waals surface area (Å²) in [6.45, 7) is 4.29. The number of ether oxygens (including phenoxy) is 4. The predicted octanol–water partition coefficient (Wildman–Crippen LogP) is 0.954. The minimum Gasteiger partial charge on any atom is -0.382 e. The Morgan fingerprint density at radius 2 is 1.44 bits per heavy atom. The van der Waals surface area contributed by atoms with Crippen molar-refractivity contribution in [2.24, 2.45) is 5.73 Å². The molecule has 0 bridgehead atoms. The Hall–Kier alpha value is -0.200. The molecule has 0 radical (unpaired) electrons. The van der Waals surface area contributed by atoms with Gasteiger partial charge in [0.05, 0.1) is 45.2 Å². The molecule has 0 aromatic heterocycles. The second-order valence-electron chi connectivity index (χ2n) is 4.66. The highest BCUT2D eigenvalue weighted by Crippen LogP contribution is 2.31. The molecular formula is C13H27NO4. The fourth-order valence-electron chi connectivity index (χ4n) is 2.21. The van der Waals surface area contributed by atoms with E-state index in [1.807, 2.05) is 0 Å². The summed E-state index contributed by atoms with van der Waals surface area (Å²) >= 11 is 0. The first-order chi connectivity index (χ1) is 8.83. The average Bonchev–Trinajstić information content (AvgIpc) is 2.86. The van der Waals surface area contributed by atoms with E-state index < -0.39 is 0 Å². The van der Waals surface area contributed by atoms with Gasteiger partial charge in [0.2, 0.25) is 0 Å². The summed E-state index contributed by atoms with van der Waals surface area (Å²) in [6, 6.07) is 0. The molecule has 0 aliphatic heterocycles. The van der Waals surface area contributed by atoms with Gasteiger partial charge in [-0.1, -0.05) is 12.8 Å². The highest BCUT2D eigenvalue weighted by Gasteiger charge is 2.32. The van der Waals surface area contributed by atoms with Crippen LogP contribution >= 0.6 is 0 Å². The normalized spacial score (nSPS) is 18.3. The summed E-state index contributed by atoms with van der Waals surface area (Å²) in [5.41, 5.74) is 5.71. The maximum Gasteiger partial charge on any atom is 0.0805 e. The summed E-state index contributed by atoms with van der Waals surface area (Å²) in [6.07, 6.45) is 4.63. The molecule has 0 heterocycles. The molecule has 0 atom stereocenters. The minimum atomic E-state index is -0.0711. The second kappa shape index (κ2) is 9.69. The van der Waals surface area contributed by atoms with Crippen molar-refractivity contribution in [1.29, 1.82) is 0 Å². The first-order valence-corrected chi connectivity index (χ1v) is 6.81. The molecular weight excluding hydrogens is 234 g/mol. The topological polar surface area (TPSA) is 62.9 Å². The van der Waals surface area contributed by atoms with Crippen LogP contribution in [0.4, 0.5) is 0 Å². The van der Waals surface area contributed by atoms with Crippen LogP contribution in [-0.4, -0.2) is 58.9 Å². The molecule has 1 rings (SSSR count). The van der Waals surface area contributed by atoms with Gasteiger partial charge < -0.3 is 24.7 Å². The maximum absolute atomic E-state index is 5.87. The van der Waals surface area contributed by atoms with Gasteiger partial charge in [0, 0.05) is 13.7 Å². The van der Waals surface area contributed by atoms with Gasteiger partial charge >= 0.3 is 0 Å². The van der Waals surface area contributed by atoms with E-state index in [2.05, 4.69) is 0 Å². The van der Waals surface area contributed by atoms with Gasteiger partial charge in [-0.25, -0.2) is 0 Å². The molecule has 5 heteroatoms. The van der Waals surface area contributed by atoms with E-state index in [9.17, 15) is 0 Å². The molecule has 1 saturated carbocycles. The molecule has 1 aliphatic carbocycles. The molecule has 0 aromatic carbocycles. The average molecular weight is 261 g/mol. The van der Waals surface area contributed by atoms with Crippen molar-refractivity contribution in [3.63, 3.8) is 0 Å². The van der Waals surface area contributed by atoms with Crippen LogP contribution in [0.1, 0.15) is 25.7 Å². The van der Waals surface area contributed by atoms with E-state index >= 15 is 0 Å². The van der Waals surface area contributed by atoms with Gasteiger partial charge in [0.1, 0.15) is 0 Å². The van der Waals surface area contributed by atoms with Crippen LogP contribution in [0.3, 0.4) is 0 Å². The fraction of sp³-hybridized carbons (Fsp3) is 1.00. The van der Waals surface area contributed by atoms with Gasteiger partial charge in [-0.15, -0.1) is 0 Å². The van der Waals surface area contributed by atoms with Crippen molar-refractivity contribution in [2.75, 3.05) is 53.3 Å². The molecule has 108 valence electrons. The van der Waals surface area contributed by atoms with Gasteiger partial charge in [0.25, 0.3) is 0 Å². The van der Waals surface area contributed by atoms with E-state index in [0.717, 1.165) is 12.8 Å². The number of hydrogen-bond acceptors (Lipinski definition) is 5. The molecule has 1 aliphatic rings. The van der Waals surface area contributed by atoms with Crippen LogP contribution in [0, 0.1) is 0 Å². The zero-order valence-corrected chi connectivity index (χ0v) is 11.5. The number of rotatable bonds is 11. The van der Waals surface area contributed by atoms with E-state index in [4.69, 9.17) is 24.7 Å². The quantitative estimate of drug-likeness (QED) is 0.561. The zero-order chi connectivity index (χ0) is 13.1. The fourth-order valence-corrected chi connectivity index (χ4v) is 2.21. The number of methoxy groups -OCH3 is 1. The van der Waals surface area contributed by atoms with Gasteiger partial charge in [-0.2, -0.15) is 0 Å². The number of nitrogens with two attached hydrogens (primary N) is 1. The Bertz CT molecular complexity index is 195. The Kier molecular flexibility index (Phi) is 8.54. The minimum absolute atomic E-state index is 0.0711. The van der Waals surface area contributed by atoms with E-state index in [0.29, 0.717) is 46.2 Å². The lowest BCUT2D eigenvalue weighted by atomic mass is 10.0. The summed E-state index contributed by atoms with van der Waals surface area (Å²) in [5.74, 6) is 0. The van der Waals surface area contributed by atoms with Crippen molar-refractivity contribution in [1.82, 2.24) is 0 Å². The SMILES string of the molecule is COCCOCCOCCOC1(CN)CCCC1. The largest absolute Gasteiger partial charge is 0.382 e. The molecule has 0 amide bonds. The third-order valence-corrected chi connectivity index (χ3v) is 3.33. The summed E-state index contributed by atoms with van der Waals surface area (Å²) < 4.78 is 21.5.